The summed E-state index contributed by atoms with van der Waals surface area (Å²) in [6.07, 6.45) is 2.28. The van der Waals surface area contributed by atoms with Gasteiger partial charge in [-0.15, -0.1) is 0 Å². The average molecular weight is 462 g/mol. The standard InChI is InChI=1S/C23H25ClFN3O4/c1-15-3-2-4-16(27-15)10-31-11-21(30)28-23-12-22(13-23,14-23)26-8-18(9-29)32-17-5-6-19(24)20(25)7-17/h2-7,9,18,26H,8,10-14H2,1H3,(H,28,30). The molecule has 170 valence electrons. The fourth-order valence-corrected chi connectivity index (χ4v) is 4.65. The summed E-state index contributed by atoms with van der Waals surface area (Å²) in [7, 11) is 0. The first kappa shape index (κ1) is 22.6. The summed E-state index contributed by atoms with van der Waals surface area (Å²) in [5.74, 6) is -0.504. The number of aromatic nitrogens is 1. The molecule has 2 bridgehead atoms. The number of ether oxygens (including phenoxy) is 2. The van der Waals surface area contributed by atoms with Gasteiger partial charge in [-0.05, 0) is 50.5 Å². The fraction of sp³-hybridized carbons (Fsp3) is 0.435. The second-order valence-corrected chi connectivity index (χ2v) is 9.06. The molecule has 3 fully saturated rings. The van der Waals surface area contributed by atoms with Gasteiger partial charge in [-0.25, -0.2) is 4.39 Å². The molecule has 3 saturated carbocycles. The number of amides is 1. The van der Waals surface area contributed by atoms with Gasteiger partial charge in [-0.3, -0.25) is 14.6 Å². The molecule has 0 radical (unpaired) electrons. The van der Waals surface area contributed by atoms with E-state index in [1.807, 2.05) is 25.1 Å². The Morgan fingerprint density at radius 2 is 2.06 bits per heavy atom. The maximum atomic E-state index is 13.5. The molecule has 1 aromatic heterocycles. The van der Waals surface area contributed by atoms with Crippen molar-refractivity contribution in [3.8, 4) is 5.75 Å². The molecule has 32 heavy (non-hydrogen) atoms. The monoisotopic (exact) mass is 461 g/mol. The van der Waals surface area contributed by atoms with Crippen molar-refractivity contribution in [3.05, 3.63) is 58.6 Å². The predicted molar refractivity (Wildman–Crippen MR) is 116 cm³/mol. The highest BCUT2D eigenvalue weighted by atomic mass is 35.5. The van der Waals surface area contributed by atoms with Crippen LogP contribution in [0.2, 0.25) is 5.02 Å². The van der Waals surface area contributed by atoms with Gasteiger partial charge in [0.05, 0.1) is 17.3 Å². The second-order valence-electron chi connectivity index (χ2n) is 8.65. The molecule has 1 amide bonds. The highest BCUT2D eigenvalue weighted by molar-refractivity contribution is 6.30. The number of aryl methyl sites for hydroxylation is 1. The van der Waals surface area contributed by atoms with E-state index < -0.39 is 11.9 Å². The molecule has 5 rings (SSSR count). The number of aldehydes is 1. The van der Waals surface area contributed by atoms with Crippen molar-refractivity contribution >= 4 is 23.8 Å². The van der Waals surface area contributed by atoms with E-state index in [2.05, 4.69) is 15.6 Å². The lowest BCUT2D eigenvalue weighted by atomic mass is 9.44. The van der Waals surface area contributed by atoms with E-state index in [-0.39, 0.29) is 41.0 Å². The maximum absolute atomic E-state index is 13.5. The van der Waals surface area contributed by atoms with Crippen LogP contribution >= 0.6 is 11.6 Å². The van der Waals surface area contributed by atoms with E-state index >= 15 is 0 Å². The Labute approximate surface area is 190 Å². The lowest BCUT2D eigenvalue weighted by Crippen LogP contribution is -2.83. The quantitative estimate of drug-likeness (QED) is 0.500. The summed E-state index contributed by atoms with van der Waals surface area (Å²) in [6.45, 7) is 2.48. The van der Waals surface area contributed by atoms with Crippen LogP contribution in [0, 0.1) is 12.7 Å². The molecule has 3 aliphatic carbocycles. The molecule has 7 nitrogen and oxygen atoms in total. The van der Waals surface area contributed by atoms with Crippen molar-refractivity contribution in [3.63, 3.8) is 0 Å². The number of benzene rings is 1. The summed E-state index contributed by atoms with van der Waals surface area (Å²) >= 11 is 5.66. The Hall–Kier alpha value is -2.55. The van der Waals surface area contributed by atoms with Crippen molar-refractivity contribution in [2.75, 3.05) is 13.2 Å². The molecular weight excluding hydrogens is 437 g/mol. The van der Waals surface area contributed by atoms with Gasteiger partial charge in [0, 0.05) is 29.4 Å². The molecular formula is C23H25ClFN3O4. The predicted octanol–water partition coefficient (Wildman–Crippen LogP) is 2.73. The Morgan fingerprint density at radius 3 is 2.75 bits per heavy atom. The van der Waals surface area contributed by atoms with Gasteiger partial charge in [0.2, 0.25) is 5.91 Å². The van der Waals surface area contributed by atoms with Crippen molar-refractivity contribution in [1.29, 1.82) is 0 Å². The smallest absolute Gasteiger partial charge is 0.246 e. The van der Waals surface area contributed by atoms with Gasteiger partial charge in [-0.2, -0.15) is 0 Å². The molecule has 1 heterocycles. The van der Waals surface area contributed by atoms with Gasteiger partial charge in [0.1, 0.15) is 18.2 Å². The molecule has 9 heteroatoms. The Kier molecular flexibility index (Phi) is 6.46. The minimum Gasteiger partial charge on any atom is -0.482 e. The summed E-state index contributed by atoms with van der Waals surface area (Å²) < 4.78 is 24.6. The van der Waals surface area contributed by atoms with E-state index in [0.29, 0.717) is 12.8 Å². The molecule has 0 saturated heterocycles. The zero-order chi connectivity index (χ0) is 22.8. The van der Waals surface area contributed by atoms with Crippen LogP contribution in [0.1, 0.15) is 30.7 Å². The number of halogens is 2. The van der Waals surface area contributed by atoms with E-state index in [1.54, 1.807) is 0 Å². The molecule has 2 aromatic rings. The van der Waals surface area contributed by atoms with Crippen LogP contribution in [0.4, 0.5) is 4.39 Å². The van der Waals surface area contributed by atoms with Crippen LogP contribution in [0.25, 0.3) is 0 Å². The minimum atomic E-state index is -0.751. The number of hydrogen-bond acceptors (Lipinski definition) is 6. The van der Waals surface area contributed by atoms with Gasteiger partial charge < -0.3 is 20.1 Å². The van der Waals surface area contributed by atoms with Crippen molar-refractivity contribution in [1.82, 2.24) is 15.6 Å². The van der Waals surface area contributed by atoms with E-state index in [1.165, 1.54) is 12.1 Å². The maximum Gasteiger partial charge on any atom is 0.246 e. The third-order valence-corrected chi connectivity index (χ3v) is 6.18. The molecule has 0 aliphatic heterocycles. The SMILES string of the molecule is Cc1cccc(COCC(=O)NC23CC(NCC(C=O)Oc4ccc(Cl)c(F)c4)(C2)C3)n1. The molecule has 1 atom stereocenters. The van der Waals surface area contributed by atoms with Crippen LogP contribution in [0.3, 0.4) is 0 Å². The number of hydrogen-bond donors (Lipinski definition) is 2. The van der Waals surface area contributed by atoms with Crippen LogP contribution < -0.4 is 15.4 Å². The third kappa shape index (κ3) is 5.09. The molecule has 2 N–H and O–H groups in total. The lowest BCUT2D eigenvalue weighted by Gasteiger charge is -2.70. The Bertz CT molecular complexity index is 999. The molecule has 0 spiro atoms. The van der Waals surface area contributed by atoms with Gasteiger partial charge >= 0.3 is 0 Å². The van der Waals surface area contributed by atoms with E-state index in [0.717, 1.165) is 36.7 Å². The van der Waals surface area contributed by atoms with Crippen LogP contribution in [-0.2, 0) is 20.9 Å². The lowest BCUT2D eigenvalue weighted by molar-refractivity contribution is -0.146. The number of nitrogens with one attached hydrogen (secondary N) is 2. The van der Waals surface area contributed by atoms with Gasteiger partial charge in [0.15, 0.2) is 12.4 Å². The van der Waals surface area contributed by atoms with Crippen LogP contribution in [-0.4, -0.2) is 47.5 Å². The summed E-state index contributed by atoms with van der Waals surface area (Å²) in [5.41, 5.74) is 1.39. The third-order valence-electron chi connectivity index (χ3n) is 5.87. The number of pyridine rings is 1. The number of carbonyl (C=O) groups is 2. The van der Waals surface area contributed by atoms with Crippen molar-refractivity contribution < 1.29 is 23.5 Å². The summed E-state index contributed by atoms with van der Waals surface area (Å²) in [6, 6.07) is 9.73. The van der Waals surface area contributed by atoms with Crippen LogP contribution in [0.5, 0.6) is 5.75 Å². The highest BCUT2D eigenvalue weighted by Gasteiger charge is 2.68. The second kappa shape index (κ2) is 9.13. The number of nitrogens with zero attached hydrogens (tertiary/aromatic N) is 1. The minimum absolute atomic E-state index is 0.00318. The Balaban J connectivity index is 1.16. The first-order valence-corrected chi connectivity index (χ1v) is 10.8. The van der Waals surface area contributed by atoms with Crippen LogP contribution in [0.15, 0.2) is 36.4 Å². The number of carbonyl (C=O) groups excluding carboxylic acids is 2. The average Bonchev–Trinajstić information content (AvgIpc) is 2.70. The van der Waals surface area contributed by atoms with Crippen molar-refractivity contribution in [2.45, 2.75) is 50.0 Å². The zero-order valence-corrected chi connectivity index (χ0v) is 18.5. The largest absolute Gasteiger partial charge is 0.482 e. The fourth-order valence-electron chi connectivity index (χ4n) is 4.53. The Morgan fingerprint density at radius 1 is 1.28 bits per heavy atom. The van der Waals surface area contributed by atoms with E-state index in [9.17, 15) is 14.0 Å². The van der Waals surface area contributed by atoms with Crippen molar-refractivity contribution in [2.24, 2.45) is 0 Å². The summed E-state index contributed by atoms with van der Waals surface area (Å²) in [4.78, 5) is 27.9. The summed E-state index contributed by atoms with van der Waals surface area (Å²) in [5, 5.41) is 6.41. The first-order valence-electron chi connectivity index (χ1n) is 10.4. The van der Waals surface area contributed by atoms with E-state index in [4.69, 9.17) is 21.1 Å². The first-order chi connectivity index (χ1) is 15.3. The van der Waals surface area contributed by atoms with Gasteiger partial charge in [0.25, 0.3) is 0 Å². The normalized spacial score (nSPS) is 24.1. The zero-order valence-electron chi connectivity index (χ0n) is 17.7. The highest BCUT2D eigenvalue weighted by Crippen LogP contribution is 2.60. The topological polar surface area (TPSA) is 89.6 Å². The number of rotatable bonds is 11. The van der Waals surface area contributed by atoms with Gasteiger partial charge in [-0.1, -0.05) is 17.7 Å². The molecule has 1 aromatic carbocycles. The molecule has 1 unspecified atom stereocenters. The molecule has 3 aliphatic rings.